The van der Waals surface area contributed by atoms with Crippen LogP contribution in [0.4, 0.5) is 0 Å². The van der Waals surface area contributed by atoms with E-state index >= 15 is 0 Å². The number of aryl methyl sites for hydroxylation is 1. The molecule has 1 atom stereocenters. The van der Waals surface area contributed by atoms with Gasteiger partial charge in [0.2, 0.25) is 0 Å². The summed E-state index contributed by atoms with van der Waals surface area (Å²) >= 11 is 6.41. The Bertz CT molecular complexity index is 425. The van der Waals surface area contributed by atoms with Gasteiger partial charge >= 0.3 is 0 Å². The van der Waals surface area contributed by atoms with Crippen molar-refractivity contribution in [2.45, 2.75) is 51.6 Å². The van der Waals surface area contributed by atoms with Crippen LogP contribution in [0.1, 0.15) is 37.8 Å². The van der Waals surface area contributed by atoms with E-state index in [4.69, 9.17) is 11.6 Å². The second-order valence-electron chi connectivity index (χ2n) is 5.85. The molecule has 2 nitrogen and oxygen atoms in total. The van der Waals surface area contributed by atoms with Gasteiger partial charge in [-0.2, -0.15) is 0 Å². The lowest BCUT2D eigenvalue weighted by atomic mass is 9.80. The van der Waals surface area contributed by atoms with Crippen molar-refractivity contribution < 1.29 is 0 Å². The molecule has 1 N–H and O–H groups in total. The molecule has 20 heavy (non-hydrogen) atoms. The largest absolute Gasteiger partial charge is 0.315 e. The van der Waals surface area contributed by atoms with Crippen molar-refractivity contribution in [1.82, 2.24) is 10.2 Å². The molecule has 0 saturated carbocycles. The van der Waals surface area contributed by atoms with E-state index < -0.39 is 0 Å². The van der Waals surface area contributed by atoms with Gasteiger partial charge in [-0.15, -0.1) is 0 Å². The number of hydrogen-bond donors (Lipinski definition) is 1. The van der Waals surface area contributed by atoms with E-state index in [0.29, 0.717) is 6.04 Å². The van der Waals surface area contributed by atoms with Gasteiger partial charge in [-0.05, 0) is 64.5 Å². The zero-order valence-corrected chi connectivity index (χ0v) is 14.5. The van der Waals surface area contributed by atoms with Crippen molar-refractivity contribution in [1.29, 1.82) is 0 Å². The number of benzene rings is 1. The Morgan fingerprint density at radius 2 is 1.85 bits per heavy atom. The molecule has 1 rings (SSSR count). The SMILES string of the molecule is CCC(CC)(C(Cc1ccc(C)cc1Cl)NC)N(C)C. The van der Waals surface area contributed by atoms with E-state index in [-0.39, 0.29) is 5.54 Å². The molecule has 0 heterocycles. The molecule has 0 aliphatic carbocycles. The normalized spacial score (nSPS) is 13.8. The van der Waals surface area contributed by atoms with Crippen LogP contribution >= 0.6 is 11.6 Å². The Labute approximate surface area is 129 Å². The summed E-state index contributed by atoms with van der Waals surface area (Å²) in [5, 5.41) is 4.40. The first kappa shape index (κ1) is 17.5. The van der Waals surface area contributed by atoms with Crippen molar-refractivity contribution in [3.63, 3.8) is 0 Å². The molecule has 0 aromatic heterocycles. The van der Waals surface area contributed by atoms with Crippen LogP contribution in [0.3, 0.4) is 0 Å². The second-order valence-corrected chi connectivity index (χ2v) is 6.25. The summed E-state index contributed by atoms with van der Waals surface area (Å²) in [5.74, 6) is 0. The first-order valence-electron chi connectivity index (χ1n) is 7.51. The molecule has 1 unspecified atom stereocenters. The maximum Gasteiger partial charge on any atom is 0.0441 e. The highest BCUT2D eigenvalue weighted by molar-refractivity contribution is 6.31. The summed E-state index contributed by atoms with van der Waals surface area (Å²) in [6, 6.07) is 6.74. The van der Waals surface area contributed by atoms with Gasteiger partial charge in [0, 0.05) is 16.6 Å². The Hall–Kier alpha value is -0.570. The highest BCUT2D eigenvalue weighted by Crippen LogP contribution is 2.29. The molecule has 0 amide bonds. The number of nitrogens with one attached hydrogen (secondary N) is 1. The van der Waals surface area contributed by atoms with Crippen molar-refractivity contribution >= 4 is 11.6 Å². The van der Waals surface area contributed by atoms with Crippen molar-refractivity contribution in [2.24, 2.45) is 0 Å². The van der Waals surface area contributed by atoms with Crippen LogP contribution in [0.2, 0.25) is 5.02 Å². The minimum absolute atomic E-state index is 0.156. The molecule has 0 radical (unpaired) electrons. The molecule has 1 aromatic rings. The third-order valence-corrected chi connectivity index (χ3v) is 5.10. The quantitative estimate of drug-likeness (QED) is 0.821. The van der Waals surface area contributed by atoms with E-state index in [2.05, 4.69) is 70.3 Å². The van der Waals surface area contributed by atoms with Crippen LogP contribution in [0.15, 0.2) is 18.2 Å². The Morgan fingerprint density at radius 3 is 2.25 bits per heavy atom. The van der Waals surface area contributed by atoms with Gasteiger partial charge in [-0.3, -0.25) is 0 Å². The minimum atomic E-state index is 0.156. The van der Waals surface area contributed by atoms with E-state index in [1.807, 2.05) is 0 Å². The molecule has 0 bridgehead atoms. The second kappa shape index (κ2) is 7.44. The number of nitrogens with zero attached hydrogens (tertiary/aromatic N) is 1. The van der Waals surface area contributed by atoms with Crippen LogP contribution in [0.5, 0.6) is 0 Å². The topological polar surface area (TPSA) is 15.3 Å². The van der Waals surface area contributed by atoms with Gasteiger partial charge in [0.05, 0.1) is 0 Å². The van der Waals surface area contributed by atoms with E-state index in [0.717, 1.165) is 24.3 Å². The zero-order valence-electron chi connectivity index (χ0n) is 13.8. The van der Waals surface area contributed by atoms with E-state index in [1.165, 1.54) is 11.1 Å². The van der Waals surface area contributed by atoms with Gasteiger partial charge in [-0.1, -0.05) is 37.6 Å². The molecule has 0 aliphatic rings. The predicted octanol–water partition coefficient (Wildman–Crippen LogP) is 3.90. The summed E-state index contributed by atoms with van der Waals surface area (Å²) in [4.78, 5) is 2.36. The lowest BCUT2D eigenvalue weighted by Crippen LogP contribution is -2.58. The van der Waals surface area contributed by atoms with Crippen LogP contribution in [0, 0.1) is 6.92 Å². The maximum absolute atomic E-state index is 6.41. The number of hydrogen-bond acceptors (Lipinski definition) is 2. The predicted molar refractivity (Wildman–Crippen MR) is 89.7 cm³/mol. The lowest BCUT2D eigenvalue weighted by Gasteiger charge is -2.45. The Balaban J connectivity index is 3.06. The number of likely N-dealkylation sites (N-methyl/N-ethyl adjacent to an activating group) is 2. The third-order valence-electron chi connectivity index (χ3n) is 4.74. The van der Waals surface area contributed by atoms with Crippen LogP contribution in [0.25, 0.3) is 0 Å². The molecule has 0 aliphatic heterocycles. The third kappa shape index (κ3) is 3.55. The van der Waals surface area contributed by atoms with Gasteiger partial charge < -0.3 is 10.2 Å². The average Bonchev–Trinajstić information content (AvgIpc) is 2.41. The fourth-order valence-electron chi connectivity index (χ4n) is 3.29. The fraction of sp³-hybridized carbons (Fsp3) is 0.647. The molecular formula is C17H29ClN2. The summed E-state index contributed by atoms with van der Waals surface area (Å²) in [6.07, 6.45) is 3.19. The van der Waals surface area contributed by atoms with Gasteiger partial charge in [0.15, 0.2) is 0 Å². The van der Waals surface area contributed by atoms with E-state index in [9.17, 15) is 0 Å². The van der Waals surface area contributed by atoms with E-state index in [1.54, 1.807) is 0 Å². The molecule has 3 heteroatoms. The molecule has 0 spiro atoms. The van der Waals surface area contributed by atoms with Crippen molar-refractivity contribution in [2.75, 3.05) is 21.1 Å². The molecule has 0 saturated heterocycles. The summed E-state index contributed by atoms with van der Waals surface area (Å²) in [6.45, 7) is 6.61. The van der Waals surface area contributed by atoms with Crippen LogP contribution in [-0.2, 0) is 6.42 Å². The van der Waals surface area contributed by atoms with Crippen molar-refractivity contribution in [3.8, 4) is 0 Å². The Kier molecular flexibility index (Phi) is 6.50. The summed E-state index contributed by atoms with van der Waals surface area (Å²) in [7, 11) is 6.40. The van der Waals surface area contributed by atoms with Gasteiger partial charge in [-0.25, -0.2) is 0 Å². The minimum Gasteiger partial charge on any atom is -0.315 e. The summed E-state index contributed by atoms with van der Waals surface area (Å²) < 4.78 is 0. The molecular weight excluding hydrogens is 268 g/mol. The standard InChI is InChI=1S/C17H29ClN2/c1-7-17(8-2,20(5)6)16(19-4)12-14-10-9-13(3)11-15(14)18/h9-11,16,19H,7-8,12H2,1-6H3. The highest BCUT2D eigenvalue weighted by Gasteiger charge is 2.37. The highest BCUT2D eigenvalue weighted by atomic mass is 35.5. The average molecular weight is 297 g/mol. The van der Waals surface area contributed by atoms with Crippen LogP contribution in [-0.4, -0.2) is 37.6 Å². The fourth-order valence-corrected chi connectivity index (χ4v) is 3.60. The van der Waals surface area contributed by atoms with Crippen molar-refractivity contribution in [3.05, 3.63) is 34.3 Å². The number of rotatable bonds is 7. The Morgan fingerprint density at radius 1 is 1.25 bits per heavy atom. The zero-order chi connectivity index (χ0) is 15.3. The molecule has 114 valence electrons. The first-order valence-corrected chi connectivity index (χ1v) is 7.88. The first-order chi connectivity index (χ1) is 9.41. The smallest absolute Gasteiger partial charge is 0.0441 e. The van der Waals surface area contributed by atoms with Crippen LogP contribution < -0.4 is 5.32 Å². The maximum atomic E-state index is 6.41. The molecule has 1 aromatic carbocycles. The number of halogens is 1. The summed E-state index contributed by atoms with van der Waals surface area (Å²) in [5.41, 5.74) is 2.59. The van der Waals surface area contributed by atoms with Gasteiger partial charge in [0.25, 0.3) is 0 Å². The monoisotopic (exact) mass is 296 g/mol. The molecule has 0 fully saturated rings. The lowest BCUT2D eigenvalue weighted by molar-refractivity contribution is 0.0918. The van der Waals surface area contributed by atoms with Gasteiger partial charge in [0.1, 0.15) is 0 Å².